The van der Waals surface area contributed by atoms with Crippen molar-refractivity contribution in [3.8, 4) is 17.0 Å². The molecule has 0 aliphatic rings. The fourth-order valence-electron chi connectivity index (χ4n) is 2.45. The van der Waals surface area contributed by atoms with Crippen molar-refractivity contribution in [2.45, 2.75) is 13.1 Å². The second-order valence-corrected chi connectivity index (χ2v) is 5.51. The Morgan fingerprint density at radius 2 is 1.75 bits per heavy atom. The van der Waals surface area contributed by atoms with Gasteiger partial charge in [0.25, 0.3) is 0 Å². The van der Waals surface area contributed by atoms with Crippen LogP contribution in [0.3, 0.4) is 0 Å². The zero-order valence-corrected chi connectivity index (χ0v) is 13.5. The number of pyridine rings is 1. The quantitative estimate of drug-likeness (QED) is 0.739. The smallest absolute Gasteiger partial charge is 0.123 e. The topological polar surface area (TPSA) is 34.1 Å². The van der Waals surface area contributed by atoms with Gasteiger partial charge in [-0.15, -0.1) is 0 Å². The molecule has 1 heterocycles. The third-order valence-corrected chi connectivity index (χ3v) is 3.76. The summed E-state index contributed by atoms with van der Waals surface area (Å²) >= 11 is 0. The zero-order valence-electron chi connectivity index (χ0n) is 13.5. The number of aromatic nitrogens is 1. The molecular weight excluding hydrogens is 303 g/mol. The molecule has 0 aliphatic heterocycles. The SMILES string of the molecule is COc1cccc(CNCc2ccc(-c3ccc(F)cc3)nc2)c1. The number of nitrogens with one attached hydrogen (secondary N) is 1. The van der Waals surface area contributed by atoms with Crippen LogP contribution in [0.4, 0.5) is 4.39 Å². The lowest BCUT2D eigenvalue weighted by atomic mass is 10.1. The van der Waals surface area contributed by atoms with Gasteiger partial charge in [-0.05, 0) is 53.6 Å². The molecule has 0 aliphatic carbocycles. The molecule has 3 nitrogen and oxygen atoms in total. The van der Waals surface area contributed by atoms with E-state index < -0.39 is 0 Å². The van der Waals surface area contributed by atoms with Crippen LogP contribution < -0.4 is 10.1 Å². The van der Waals surface area contributed by atoms with Crippen molar-refractivity contribution in [1.82, 2.24) is 10.3 Å². The molecule has 0 spiro atoms. The maximum Gasteiger partial charge on any atom is 0.123 e. The molecule has 24 heavy (non-hydrogen) atoms. The predicted molar refractivity (Wildman–Crippen MR) is 93.2 cm³/mol. The maximum atomic E-state index is 13.0. The van der Waals surface area contributed by atoms with Gasteiger partial charge in [0, 0.05) is 24.8 Å². The van der Waals surface area contributed by atoms with Gasteiger partial charge in [-0.25, -0.2) is 4.39 Å². The van der Waals surface area contributed by atoms with Gasteiger partial charge in [-0.3, -0.25) is 4.98 Å². The standard InChI is InChI=1S/C20H19FN2O/c1-24-19-4-2-3-15(11-19)12-22-13-16-5-10-20(23-14-16)17-6-8-18(21)9-7-17/h2-11,14,22H,12-13H2,1H3. The summed E-state index contributed by atoms with van der Waals surface area (Å²) in [4.78, 5) is 4.45. The fourth-order valence-corrected chi connectivity index (χ4v) is 2.45. The average molecular weight is 322 g/mol. The van der Waals surface area contributed by atoms with E-state index in [-0.39, 0.29) is 5.82 Å². The summed E-state index contributed by atoms with van der Waals surface area (Å²) in [6, 6.07) is 18.3. The first-order valence-corrected chi connectivity index (χ1v) is 7.79. The van der Waals surface area contributed by atoms with Crippen molar-refractivity contribution in [3.05, 3.63) is 83.8 Å². The molecule has 0 atom stereocenters. The molecule has 0 amide bonds. The average Bonchev–Trinajstić information content (AvgIpc) is 2.63. The minimum atomic E-state index is -0.239. The summed E-state index contributed by atoms with van der Waals surface area (Å²) in [6.45, 7) is 1.49. The summed E-state index contributed by atoms with van der Waals surface area (Å²) in [5.41, 5.74) is 4.02. The molecule has 0 radical (unpaired) electrons. The number of methoxy groups -OCH3 is 1. The van der Waals surface area contributed by atoms with E-state index >= 15 is 0 Å². The van der Waals surface area contributed by atoms with E-state index in [0.717, 1.165) is 35.7 Å². The lowest BCUT2D eigenvalue weighted by Gasteiger charge is -2.07. The first-order valence-electron chi connectivity index (χ1n) is 7.79. The van der Waals surface area contributed by atoms with E-state index in [0.29, 0.717) is 0 Å². The Kier molecular flexibility index (Phi) is 5.18. The van der Waals surface area contributed by atoms with Crippen LogP contribution in [0, 0.1) is 5.82 Å². The Morgan fingerprint density at radius 3 is 2.46 bits per heavy atom. The van der Waals surface area contributed by atoms with Gasteiger partial charge in [0.2, 0.25) is 0 Å². The minimum absolute atomic E-state index is 0.239. The number of hydrogen-bond donors (Lipinski definition) is 1. The van der Waals surface area contributed by atoms with Crippen molar-refractivity contribution < 1.29 is 9.13 Å². The van der Waals surface area contributed by atoms with Crippen LogP contribution in [0.25, 0.3) is 11.3 Å². The van der Waals surface area contributed by atoms with Crippen molar-refractivity contribution in [2.24, 2.45) is 0 Å². The number of nitrogens with zero attached hydrogens (tertiary/aromatic N) is 1. The van der Waals surface area contributed by atoms with Crippen LogP contribution >= 0.6 is 0 Å². The molecule has 3 rings (SSSR count). The number of hydrogen-bond acceptors (Lipinski definition) is 3. The van der Waals surface area contributed by atoms with Crippen LogP contribution in [0.15, 0.2) is 66.9 Å². The zero-order chi connectivity index (χ0) is 16.8. The molecular formula is C20H19FN2O. The van der Waals surface area contributed by atoms with Crippen molar-refractivity contribution in [3.63, 3.8) is 0 Å². The Hall–Kier alpha value is -2.72. The molecule has 1 aromatic heterocycles. The second kappa shape index (κ2) is 7.70. The summed E-state index contributed by atoms with van der Waals surface area (Å²) in [6.07, 6.45) is 1.84. The molecule has 0 fully saturated rings. The third kappa shape index (κ3) is 4.18. The number of rotatable bonds is 6. The Labute approximate surface area is 141 Å². The van der Waals surface area contributed by atoms with Crippen molar-refractivity contribution in [1.29, 1.82) is 0 Å². The molecule has 0 bridgehead atoms. The Bertz CT molecular complexity index is 785. The highest BCUT2D eigenvalue weighted by molar-refractivity contribution is 5.58. The van der Waals surface area contributed by atoms with Crippen LogP contribution in [0.2, 0.25) is 0 Å². The normalized spacial score (nSPS) is 10.6. The van der Waals surface area contributed by atoms with E-state index in [1.54, 1.807) is 19.2 Å². The Morgan fingerprint density at radius 1 is 0.958 bits per heavy atom. The molecule has 122 valence electrons. The minimum Gasteiger partial charge on any atom is -0.497 e. The van der Waals surface area contributed by atoms with Crippen LogP contribution in [0.5, 0.6) is 5.75 Å². The van der Waals surface area contributed by atoms with Crippen molar-refractivity contribution >= 4 is 0 Å². The summed E-state index contributed by atoms with van der Waals surface area (Å²) in [7, 11) is 1.67. The van der Waals surface area contributed by atoms with E-state index in [4.69, 9.17) is 4.74 Å². The second-order valence-electron chi connectivity index (χ2n) is 5.51. The number of ether oxygens (including phenoxy) is 1. The highest BCUT2D eigenvalue weighted by atomic mass is 19.1. The molecule has 0 saturated carbocycles. The predicted octanol–water partition coefficient (Wildman–Crippen LogP) is 4.19. The van der Waals surface area contributed by atoms with Gasteiger partial charge in [0.15, 0.2) is 0 Å². The third-order valence-electron chi connectivity index (χ3n) is 3.76. The van der Waals surface area contributed by atoms with E-state index in [9.17, 15) is 4.39 Å². The summed E-state index contributed by atoms with van der Waals surface area (Å²) < 4.78 is 18.2. The van der Waals surface area contributed by atoms with Crippen molar-refractivity contribution in [2.75, 3.05) is 7.11 Å². The van der Waals surface area contributed by atoms with E-state index in [2.05, 4.69) is 16.4 Å². The van der Waals surface area contributed by atoms with Gasteiger partial charge in [0.05, 0.1) is 12.8 Å². The molecule has 2 aromatic carbocycles. The first kappa shape index (κ1) is 16.1. The lowest BCUT2D eigenvalue weighted by Crippen LogP contribution is -2.12. The van der Waals surface area contributed by atoms with Crippen LogP contribution in [0.1, 0.15) is 11.1 Å². The molecule has 0 unspecified atom stereocenters. The van der Waals surface area contributed by atoms with Gasteiger partial charge in [-0.1, -0.05) is 18.2 Å². The van der Waals surface area contributed by atoms with Gasteiger partial charge in [0.1, 0.15) is 11.6 Å². The molecule has 4 heteroatoms. The largest absolute Gasteiger partial charge is 0.497 e. The van der Waals surface area contributed by atoms with Crippen LogP contribution in [-0.2, 0) is 13.1 Å². The Balaban J connectivity index is 1.57. The summed E-state index contributed by atoms with van der Waals surface area (Å²) in [5.74, 6) is 0.622. The number of halogens is 1. The van der Waals surface area contributed by atoms with Gasteiger partial charge < -0.3 is 10.1 Å². The van der Waals surface area contributed by atoms with E-state index in [1.807, 2.05) is 36.5 Å². The lowest BCUT2D eigenvalue weighted by molar-refractivity contribution is 0.414. The van der Waals surface area contributed by atoms with E-state index in [1.165, 1.54) is 17.7 Å². The fraction of sp³-hybridized carbons (Fsp3) is 0.150. The monoisotopic (exact) mass is 322 g/mol. The maximum absolute atomic E-state index is 13.0. The van der Waals surface area contributed by atoms with Gasteiger partial charge in [-0.2, -0.15) is 0 Å². The van der Waals surface area contributed by atoms with Crippen LogP contribution in [-0.4, -0.2) is 12.1 Å². The highest BCUT2D eigenvalue weighted by Gasteiger charge is 2.01. The first-order chi connectivity index (χ1) is 11.7. The molecule has 3 aromatic rings. The highest BCUT2D eigenvalue weighted by Crippen LogP contribution is 2.17. The molecule has 0 saturated heterocycles. The summed E-state index contributed by atoms with van der Waals surface area (Å²) in [5, 5.41) is 3.39. The van der Waals surface area contributed by atoms with Gasteiger partial charge >= 0.3 is 0 Å². The number of benzene rings is 2. The molecule has 1 N–H and O–H groups in total.